The monoisotopic (exact) mass is 277 g/mol. The minimum atomic E-state index is -0.573. The van der Waals surface area contributed by atoms with Crippen molar-refractivity contribution in [3.05, 3.63) is 36.0 Å². The summed E-state index contributed by atoms with van der Waals surface area (Å²) in [5.74, 6) is 0.542. The van der Waals surface area contributed by atoms with Gasteiger partial charge in [-0.05, 0) is 32.9 Å². The molecule has 0 saturated heterocycles. The molecule has 1 atom stereocenters. The number of hydrogen-bond acceptors (Lipinski definition) is 5. The second-order valence-corrected chi connectivity index (χ2v) is 5.33. The molecule has 1 amide bonds. The smallest absolute Gasteiger partial charge is 0.242 e. The van der Waals surface area contributed by atoms with E-state index in [1.165, 1.54) is 4.68 Å². The quantitative estimate of drug-likeness (QED) is 0.847. The van der Waals surface area contributed by atoms with Gasteiger partial charge in [0.05, 0.1) is 24.0 Å². The Morgan fingerprint density at radius 2 is 2.35 bits per heavy atom. The van der Waals surface area contributed by atoms with E-state index in [4.69, 9.17) is 10.2 Å². The van der Waals surface area contributed by atoms with Crippen LogP contribution in [0.25, 0.3) is 0 Å². The number of nitrogens with zero attached hydrogens (tertiary/aromatic N) is 3. The molecule has 2 aromatic heterocycles. The summed E-state index contributed by atoms with van der Waals surface area (Å²) < 4.78 is 6.70. The Balaban J connectivity index is 1.93. The summed E-state index contributed by atoms with van der Waals surface area (Å²) in [6.07, 6.45) is 3.25. The van der Waals surface area contributed by atoms with Crippen LogP contribution in [0.1, 0.15) is 38.3 Å². The van der Waals surface area contributed by atoms with Crippen LogP contribution in [-0.4, -0.2) is 20.9 Å². The second kappa shape index (κ2) is 5.46. The van der Waals surface area contributed by atoms with E-state index in [9.17, 15) is 4.79 Å². The predicted octanol–water partition coefficient (Wildman–Crippen LogP) is 0.942. The van der Waals surface area contributed by atoms with E-state index in [0.29, 0.717) is 11.5 Å². The lowest BCUT2D eigenvalue weighted by Gasteiger charge is -2.13. The molecule has 20 heavy (non-hydrogen) atoms. The molecule has 2 heterocycles. The third-order valence-electron chi connectivity index (χ3n) is 2.85. The van der Waals surface area contributed by atoms with Crippen LogP contribution in [0.2, 0.25) is 0 Å². The lowest BCUT2D eigenvalue weighted by Crippen LogP contribution is -2.30. The molecule has 2 rings (SSSR count). The number of aromatic nitrogens is 3. The number of carbonyl (C=O) groups excluding carboxylic acids is 1. The van der Waals surface area contributed by atoms with Crippen molar-refractivity contribution in [3.63, 3.8) is 0 Å². The Kier molecular flexibility index (Phi) is 3.89. The highest BCUT2D eigenvalue weighted by Crippen LogP contribution is 2.13. The summed E-state index contributed by atoms with van der Waals surface area (Å²) >= 11 is 0. The fourth-order valence-corrected chi connectivity index (χ4v) is 1.71. The molecule has 0 radical (unpaired) electrons. The predicted molar refractivity (Wildman–Crippen MR) is 72.5 cm³/mol. The molecule has 0 bridgehead atoms. The molecule has 2 aromatic rings. The van der Waals surface area contributed by atoms with E-state index in [1.807, 2.05) is 26.8 Å². The minimum absolute atomic E-state index is 0.0914. The molecular weight excluding hydrogens is 258 g/mol. The first-order valence-corrected chi connectivity index (χ1v) is 6.38. The fraction of sp³-hybridized carbons (Fsp3) is 0.462. The standard InChI is InChI=1S/C13H19N5O2/c1-9(10-5-4-6-20-10)15-12(19)8-18-7-11(16-17-18)13(2,3)14/h4-7,9H,8,14H2,1-3H3,(H,15,19). The molecule has 0 aliphatic rings. The van der Waals surface area contributed by atoms with Crippen LogP contribution >= 0.6 is 0 Å². The van der Waals surface area contributed by atoms with Gasteiger partial charge < -0.3 is 15.5 Å². The topological polar surface area (TPSA) is 99.0 Å². The highest BCUT2D eigenvalue weighted by atomic mass is 16.3. The molecule has 0 aliphatic heterocycles. The van der Waals surface area contributed by atoms with E-state index in [-0.39, 0.29) is 18.5 Å². The molecule has 0 aliphatic carbocycles. The molecule has 1 unspecified atom stereocenters. The fourth-order valence-electron chi connectivity index (χ4n) is 1.71. The number of nitrogens with two attached hydrogens (primary N) is 1. The number of nitrogens with one attached hydrogen (secondary N) is 1. The number of rotatable bonds is 5. The molecule has 7 heteroatoms. The largest absolute Gasteiger partial charge is 0.467 e. The zero-order chi connectivity index (χ0) is 14.8. The highest BCUT2D eigenvalue weighted by molar-refractivity contribution is 5.76. The molecule has 0 aromatic carbocycles. The van der Waals surface area contributed by atoms with Gasteiger partial charge in [-0.2, -0.15) is 0 Å². The van der Waals surface area contributed by atoms with Crippen molar-refractivity contribution in [2.45, 2.75) is 38.9 Å². The van der Waals surface area contributed by atoms with E-state index >= 15 is 0 Å². The molecular formula is C13H19N5O2. The Hall–Kier alpha value is -2.15. The Bertz CT molecular complexity index is 568. The lowest BCUT2D eigenvalue weighted by atomic mass is 10.0. The molecule has 0 fully saturated rings. The van der Waals surface area contributed by atoms with Crippen molar-refractivity contribution in [2.75, 3.05) is 0 Å². The average Bonchev–Trinajstić information content (AvgIpc) is 2.97. The van der Waals surface area contributed by atoms with E-state index in [2.05, 4.69) is 15.6 Å². The molecule has 7 nitrogen and oxygen atoms in total. The summed E-state index contributed by atoms with van der Waals surface area (Å²) in [4.78, 5) is 11.9. The average molecular weight is 277 g/mol. The summed E-state index contributed by atoms with van der Waals surface area (Å²) in [6, 6.07) is 3.41. The SMILES string of the molecule is CC(NC(=O)Cn1cc(C(C)(C)N)nn1)c1ccco1. The van der Waals surface area contributed by atoms with Gasteiger partial charge in [0, 0.05) is 0 Å². The highest BCUT2D eigenvalue weighted by Gasteiger charge is 2.19. The first-order valence-electron chi connectivity index (χ1n) is 6.38. The summed E-state index contributed by atoms with van der Waals surface area (Å²) in [5.41, 5.74) is 5.99. The summed E-state index contributed by atoms with van der Waals surface area (Å²) in [5, 5.41) is 10.7. The Labute approximate surface area is 117 Å². The van der Waals surface area contributed by atoms with E-state index < -0.39 is 5.54 Å². The van der Waals surface area contributed by atoms with Crippen molar-refractivity contribution in [1.82, 2.24) is 20.3 Å². The molecule has 0 saturated carbocycles. The molecule has 0 spiro atoms. The van der Waals surface area contributed by atoms with Gasteiger partial charge in [-0.1, -0.05) is 5.21 Å². The van der Waals surface area contributed by atoms with Crippen molar-refractivity contribution in [3.8, 4) is 0 Å². The van der Waals surface area contributed by atoms with Gasteiger partial charge in [0.25, 0.3) is 0 Å². The van der Waals surface area contributed by atoms with Gasteiger partial charge in [-0.3, -0.25) is 4.79 Å². The van der Waals surface area contributed by atoms with Crippen molar-refractivity contribution in [2.24, 2.45) is 5.73 Å². The third kappa shape index (κ3) is 3.45. The van der Waals surface area contributed by atoms with Crippen molar-refractivity contribution < 1.29 is 9.21 Å². The maximum absolute atomic E-state index is 11.9. The van der Waals surface area contributed by atoms with Gasteiger partial charge in [-0.15, -0.1) is 5.10 Å². The summed E-state index contributed by atoms with van der Waals surface area (Å²) in [6.45, 7) is 5.61. The van der Waals surface area contributed by atoms with Crippen LogP contribution in [-0.2, 0) is 16.9 Å². The zero-order valence-electron chi connectivity index (χ0n) is 11.8. The second-order valence-electron chi connectivity index (χ2n) is 5.33. The van der Waals surface area contributed by atoms with Gasteiger partial charge in [0.1, 0.15) is 18.0 Å². The zero-order valence-corrected chi connectivity index (χ0v) is 11.8. The van der Waals surface area contributed by atoms with E-state index in [1.54, 1.807) is 18.5 Å². The third-order valence-corrected chi connectivity index (χ3v) is 2.85. The van der Waals surface area contributed by atoms with Crippen LogP contribution in [0.3, 0.4) is 0 Å². The Morgan fingerprint density at radius 3 is 2.90 bits per heavy atom. The van der Waals surface area contributed by atoms with Crippen LogP contribution in [0.4, 0.5) is 0 Å². The molecule has 108 valence electrons. The number of carbonyl (C=O) groups is 1. The van der Waals surface area contributed by atoms with Crippen LogP contribution in [0.15, 0.2) is 29.0 Å². The van der Waals surface area contributed by atoms with Gasteiger partial charge in [0.2, 0.25) is 5.91 Å². The van der Waals surface area contributed by atoms with E-state index in [0.717, 1.165) is 0 Å². The van der Waals surface area contributed by atoms with Gasteiger partial charge >= 0.3 is 0 Å². The normalized spacial score (nSPS) is 13.2. The lowest BCUT2D eigenvalue weighted by molar-refractivity contribution is -0.122. The van der Waals surface area contributed by atoms with Crippen LogP contribution < -0.4 is 11.1 Å². The van der Waals surface area contributed by atoms with Crippen molar-refractivity contribution >= 4 is 5.91 Å². The summed E-state index contributed by atoms with van der Waals surface area (Å²) in [7, 11) is 0. The van der Waals surface area contributed by atoms with Crippen molar-refractivity contribution in [1.29, 1.82) is 0 Å². The molecule has 3 N–H and O–H groups in total. The first-order chi connectivity index (χ1) is 9.36. The van der Waals surface area contributed by atoms with Crippen LogP contribution in [0.5, 0.6) is 0 Å². The number of furan rings is 1. The van der Waals surface area contributed by atoms with Gasteiger partial charge in [-0.25, -0.2) is 4.68 Å². The van der Waals surface area contributed by atoms with Gasteiger partial charge in [0.15, 0.2) is 0 Å². The number of amides is 1. The minimum Gasteiger partial charge on any atom is -0.467 e. The maximum Gasteiger partial charge on any atom is 0.242 e. The van der Waals surface area contributed by atoms with Crippen LogP contribution in [0, 0.1) is 0 Å². The first kappa shape index (κ1) is 14.3. The Morgan fingerprint density at radius 1 is 1.60 bits per heavy atom. The maximum atomic E-state index is 11.9. The number of hydrogen-bond donors (Lipinski definition) is 2.